The second kappa shape index (κ2) is 4.19. The van der Waals surface area contributed by atoms with Crippen LogP contribution in [0.15, 0.2) is 18.2 Å². The van der Waals surface area contributed by atoms with Gasteiger partial charge in [0.05, 0.1) is 12.7 Å². The number of esters is 1. The number of carbonyl (C=O) groups excluding carboxylic acids is 1. The van der Waals surface area contributed by atoms with Gasteiger partial charge in [-0.25, -0.2) is 9.18 Å². The van der Waals surface area contributed by atoms with Crippen molar-refractivity contribution in [2.24, 2.45) is 5.73 Å². The smallest absolute Gasteiger partial charge is 0.337 e. The van der Waals surface area contributed by atoms with E-state index >= 15 is 0 Å². The Morgan fingerprint density at radius 1 is 1.57 bits per heavy atom. The summed E-state index contributed by atoms with van der Waals surface area (Å²) in [6.07, 6.45) is 0. The zero-order chi connectivity index (χ0) is 10.7. The summed E-state index contributed by atoms with van der Waals surface area (Å²) < 4.78 is 17.8. The third-order valence-corrected chi connectivity index (χ3v) is 1.91. The molecule has 0 amide bonds. The van der Waals surface area contributed by atoms with Crippen molar-refractivity contribution in [3.63, 3.8) is 0 Å². The Bertz CT molecular complexity index is 350. The van der Waals surface area contributed by atoms with E-state index in [0.717, 1.165) is 6.07 Å². The molecule has 0 unspecified atom stereocenters. The number of hydrogen-bond donors (Lipinski definition) is 1. The van der Waals surface area contributed by atoms with Crippen LogP contribution in [0.4, 0.5) is 4.39 Å². The summed E-state index contributed by atoms with van der Waals surface area (Å²) in [6.45, 7) is 1.68. The van der Waals surface area contributed by atoms with Gasteiger partial charge in [0.1, 0.15) is 5.82 Å². The fraction of sp³-hybridized carbons (Fsp3) is 0.300. The van der Waals surface area contributed by atoms with Gasteiger partial charge in [-0.2, -0.15) is 0 Å². The van der Waals surface area contributed by atoms with E-state index in [9.17, 15) is 9.18 Å². The summed E-state index contributed by atoms with van der Waals surface area (Å²) in [6, 6.07) is 3.73. The van der Waals surface area contributed by atoms with Crippen molar-refractivity contribution >= 4 is 5.97 Å². The molecule has 1 atom stereocenters. The number of ether oxygens (including phenoxy) is 1. The number of nitrogens with two attached hydrogens (primary N) is 1. The molecular weight excluding hydrogens is 185 g/mol. The average molecular weight is 197 g/mol. The zero-order valence-corrected chi connectivity index (χ0v) is 8.08. The summed E-state index contributed by atoms with van der Waals surface area (Å²) in [5.74, 6) is -1.04. The van der Waals surface area contributed by atoms with Gasteiger partial charge in [-0.05, 0) is 19.1 Å². The maximum absolute atomic E-state index is 13.3. The van der Waals surface area contributed by atoms with Gasteiger partial charge in [0.15, 0.2) is 0 Å². The molecule has 1 aromatic carbocycles. The molecular formula is C10H12FNO2. The van der Waals surface area contributed by atoms with Gasteiger partial charge < -0.3 is 10.5 Å². The number of methoxy groups -OCH3 is 1. The average Bonchev–Trinajstić information content (AvgIpc) is 2.15. The van der Waals surface area contributed by atoms with Crippen LogP contribution in [0.3, 0.4) is 0 Å². The van der Waals surface area contributed by atoms with Crippen LogP contribution in [0.25, 0.3) is 0 Å². The summed E-state index contributed by atoms with van der Waals surface area (Å²) >= 11 is 0. The molecule has 4 heteroatoms. The maximum Gasteiger partial charge on any atom is 0.337 e. The van der Waals surface area contributed by atoms with Crippen molar-refractivity contribution in [1.82, 2.24) is 0 Å². The molecule has 0 aliphatic heterocycles. The van der Waals surface area contributed by atoms with E-state index in [1.165, 1.54) is 19.2 Å². The van der Waals surface area contributed by atoms with Crippen molar-refractivity contribution < 1.29 is 13.9 Å². The van der Waals surface area contributed by atoms with Gasteiger partial charge >= 0.3 is 5.97 Å². The van der Waals surface area contributed by atoms with E-state index < -0.39 is 11.8 Å². The van der Waals surface area contributed by atoms with Crippen LogP contribution in [0.5, 0.6) is 0 Å². The van der Waals surface area contributed by atoms with Crippen LogP contribution in [-0.4, -0.2) is 13.1 Å². The van der Waals surface area contributed by atoms with Gasteiger partial charge in [0, 0.05) is 11.6 Å². The lowest BCUT2D eigenvalue weighted by molar-refractivity contribution is 0.0600. The van der Waals surface area contributed by atoms with E-state index in [0.29, 0.717) is 5.56 Å². The molecule has 3 nitrogen and oxygen atoms in total. The molecule has 0 aliphatic rings. The lowest BCUT2D eigenvalue weighted by Gasteiger charge is -2.07. The van der Waals surface area contributed by atoms with Crippen LogP contribution in [0.2, 0.25) is 0 Å². The largest absolute Gasteiger partial charge is 0.465 e. The minimum atomic E-state index is -0.555. The molecule has 1 aromatic rings. The Hall–Kier alpha value is -1.42. The normalized spacial score (nSPS) is 12.3. The molecule has 76 valence electrons. The minimum Gasteiger partial charge on any atom is -0.465 e. The van der Waals surface area contributed by atoms with Crippen molar-refractivity contribution in [3.8, 4) is 0 Å². The van der Waals surface area contributed by atoms with Crippen LogP contribution in [0.1, 0.15) is 28.9 Å². The summed E-state index contributed by atoms with van der Waals surface area (Å²) in [5.41, 5.74) is 6.09. The quantitative estimate of drug-likeness (QED) is 0.733. The fourth-order valence-electron chi connectivity index (χ4n) is 1.14. The molecule has 14 heavy (non-hydrogen) atoms. The molecule has 0 saturated heterocycles. The Labute approximate surface area is 81.7 Å². The molecule has 0 aliphatic carbocycles. The Morgan fingerprint density at radius 3 is 2.64 bits per heavy atom. The van der Waals surface area contributed by atoms with E-state index in [1.54, 1.807) is 6.92 Å². The third-order valence-electron chi connectivity index (χ3n) is 1.91. The van der Waals surface area contributed by atoms with Crippen molar-refractivity contribution in [3.05, 3.63) is 35.1 Å². The number of rotatable bonds is 2. The van der Waals surface area contributed by atoms with Gasteiger partial charge in [-0.3, -0.25) is 0 Å². The predicted molar refractivity (Wildman–Crippen MR) is 50.3 cm³/mol. The van der Waals surface area contributed by atoms with Gasteiger partial charge in [-0.1, -0.05) is 6.07 Å². The van der Waals surface area contributed by atoms with E-state index in [1.807, 2.05) is 0 Å². The molecule has 0 aromatic heterocycles. The molecule has 0 saturated carbocycles. The lowest BCUT2D eigenvalue weighted by Crippen LogP contribution is -2.09. The van der Waals surface area contributed by atoms with E-state index in [4.69, 9.17) is 5.73 Å². The standard InChI is InChI=1S/C10H12FNO2/c1-6(12)8-4-3-7(5-9(8)11)10(13)14-2/h3-6H,12H2,1-2H3/t6-/m0/s1. The topological polar surface area (TPSA) is 52.3 Å². The molecule has 0 fully saturated rings. The molecule has 2 N–H and O–H groups in total. The molecule has 1 rings (SSSR count). The van der Waals surface area contributed by atoms with Gasteiger partial charge in [0.2, 0.25) is 0 Å². The highest BCUT2D eigenvalue weighted by Gasteiger charge is 2.11. The minimum absolute atomic E-state index is 0.189. The lowest BCUT2D eigenvalue weighted by atomic mass is 10.1. The van der Waals surface area contributed by atoms with Crippen LogP contribution in [0, 0.1) is 5.82 Å². The Balaban J connectivity index is 3.06. The van der Waals surface area contributed by atoms with Crippen molar-refractivity contribution in [2.75, 3.05) is 7.11 Å². The highest BCUT2D eigenvalue weighted by Crippen LogP contribution is 2.16. The highest BCUT2D eigenvalue weighted by atomic mass is 19.1. The fourth-order valence-corrected chi connectivity index (χ4v) is 1.14. The number of carbonyl (C=O) groups is 1. The summed E-state index contributed by atoms with van der Waals surface area (Å²) in [4.78, 5) is 11.0. The molecule has 0 bridgehead atoms. The molecule has 0 radical (unpaired) electrons. The predicted octanol–water partition coefficient (Wildman–Crippen LogP) is 1.63. The van der Waals surface area contributed by atoms with Crippen LogP contribution >= 0.6 is 0 Å². The van der Waals surface area contributed by atoms with Crippen LogP contribution < -0.4 is 5.73 Å². The van der Waals surface area contributed by atoms with Crippen molar-refractivity contribution in [2.45, 2.75) is 13.0 Å². The first-order valence-electron chi connectivity index (χ1n) is 4.19. The SMILES string of the molecule is COC(=O)c1ccc([C@H](C)N)c(F)c1. The zero-order valence-electron chi connectivity index (χ0n) is 8.08. The second-order valence-electron chi connectivity index (χ2n) is 3.02. The van der Waals surface area contributed by atoms with Gasteiger partial charge in [-0.15, -0.1) is 0 Å². The third kappa shape index (κ3) is 2.09. The number of halogens is 1. The summed E-state index contributed by atoms with van der Waals surface area (Å²) in [5, 5.41) is 0. The molecule has 0 spiro atoms. The summed E-state index contributed by atoms with van der Waals surface area (Å²) in [7, 11) is 1.25. The first-order valence-corrected chi connectivity index (χ1v) is 4.19. The van der Waals surface area contributed by atoms with E-state index in [2.05, 4.69) is 4.74 Å². The Kier molecular flexibility index (Phi) is 3.19. The molecule has 0 heterocycles. The number of benzene rings is 1. The maximum atomic E-state index is 13.3. The highest BCUT2D eigenvalue weighted by molar-refractivity contribution is 5.89. The van der Waals surface area contributed by atoms with Gasteiger partial charge in [0.25, 0.3) is 0 Å². The van der Waals surface area contributed by atoms with Crippen LogP contribution in [-0.2, 0) is 4.74 Å². The Morgan fingerprint density at radius 2 is 2.21 bits per heavy atom. The first-order chi connectivity index (χ1) is 6.56. The number of hydrogen-bond acceptors (Lipinski definition) is 3. The van der Waals surface area contributed by atoms with Crippen molar-refractivity contribution in [1.29, 1.82) is 0 Å². The first kappa shape index (κ1) is 10.7. The monoisotopic (exact) mass is 197 g/mol. The van der Waals surface area contributed by atoms with E-state index in [-0.39, 0.29) is 11.6 Å². The second-order valence-corrected chi connectivity index (χ2v) is 3.02.